The summed E-state index contributed by atoms with van der Waals surface area (Å²) in [5.41, 5.74) is -0.404. The molecule has 0 saturated carbocycles. The Morgan fingerprint density at radius 3 is 2.69 bits per heavy atom. The van der Waals surface area contributed by atoms with E-state index in [-0.39, 0.29) is 5.00 Å². The van der Waals surface area contributed by atoms with Crippen molar-refractivity contribution in [1.29, 1.82) is 0 Å². The fourth-order valence-electron chi connectivity index (χ4n) is 1.02. The number of hydrogen-bond acceptors (Lipinski definition) is 5. The molecule has 2 N–H and O–H groups in total. The molecule has 16 heavy (non-hydrogen) atoms. The lowest BCUT2D eigenvalue weighted by molar-refractivity contribution is -0.380. The van der Waals surface area contributed by atoms with E-state index in [1.165, 1.54) is 6.07 Å². The second-order valence-corrected chi connectivity index (χ2v) is 5.40. The molecule has 0 aliphatic carbocycles. The Labute approximate surface area is 98.3 Å². The molecule has 6 heteroatoms. The summed E-state index contributed by atoms with van der Waals surface area (Å²) in [6, 6.07) is 3.23. The zero-order valence-electron chi connectivity index (χ0n) is 9.56. The number of thiophene rings is 1. The lowest BCUT2D eigenvalue weighted by Crippen LogP contribution is -2.47. The van der Waals surface area contributed by atoms with Gasteiger partial charge in [-0.15, -0.1) is 0 Å². The number of nitro groups is 1. The Hall–Kier alpha value is -0.980. The van der Waals surface area contributed by atoms with Crippen LogP contribution in [0.1, 0.15) is 25.6 Å². The van der Waals surface area contributed by atoms with Crippen LogP contribution in [0.4, 0.5) is 5.00 Å². The third kappa shape index (κ3) is 3.26. The molecule has 0 saturated heterocycles. The molecule has 5 nitrogen and oxygen atoms in total. The molecule has 0 bridgehead atoms. The van der Waals surface area contributed by atoms with Crippen molar-refractivity contribution in [1.82, 2.24) is 5.32 Å². The monoisotopic (exact) mass is 244 g/mol. The predicted octanol–water partition coefficient (Wildman–Crippen LogP) is 1.91. The van der Waals surface area contributed by atoms with Gasteiger partial charge in [-0.25, -0.2) is 0 Å². The highest BCUT2D eigenvalue weighted by molar-refractivity contribution is 7.15. The quantitative estimate of drug-likeness (QED) is 0.612. The highest BCUT2D eigenvalue weighted by Gasteiger charge is 2.23. The van der Waals surface area contributed by atoms with Crippen molar-refractivity contribution in [2.45, 2.75) is 39.0 Å². The highest BCUT2D eigenvalue weighted by atomic mass is 32.1. The largest absolute Gasteiger partial charge is 0.392 e. The molecule has 1 aromatic rings. The minimum absolute atomic E-state index is 0.145. The fourth-order valence-corrected chi connectivity index (χ4v) is 1.78. The summed E-state index contributed by atoms with van der Waals surface area (Å²) < 4.78 is 0. The molecule has 90 valence electrons. The molecule has 0 aliphatic heterocycles. The smallest absolute Gasteiger partial charge is 0.324 e. The lowest BCUT2D eigenvalue weighted by Gasteiger charge is -2.29. The van der Waals surface area contributed by atoms with Crippen molar-refractivity contribution in [2.75, 3.05) is 0 Å². The Balaban J connectivity index is 2.58. The maximum atomic E-state index is 10.5. The van der Waals surface area contributed by atoms with Gasteiger partial charge in [0.2, 0.25) is 0 Å². The molecule has 0 fully saturated rings. The number of nitrogens with zero attached hydrogens (tertiary/aromatic N) is 1. The average molecular weight is 244 g/mol. The van der Waals surface area contributed by atoms with Gasteiger partial charge in [0, 0.05) is 23.0 Å². The van der Waals surface area contributed by atoms with Crippen molar-refractivity contribution in [3.63, 3.8) is 0 Å². The van der Waals surface area contributed by atoms with Crippen LogP contribution >= 0.6 is 11.3 Å². The van der Waals surface area contributed by atoms with Crippen molar-refractivity contribution in [3.05, 3.63) is 27.1 Å². The lowest BCUT2D eigenvalue weighted by atomic mass is 9.99. The minimum atomic E-state index is -0.484. The normalized spacial score (nSPS) is 13.8. The summed E-state index contributed by atoms with van der Waals surface area (Å²) in [6.07, 6.45) is -0.484. The Kier molecular flexibility index (Phi) is 4.01. The number of nitrogens with one attached hydrogen (secondary N) is 1. The van der Waals surface area contributed by atoms with E-state index in [9.17, 15) is 15.2 Å². The number of aliphatic hydroxyl groups is 1. The number of aliphatic hydroxyl groups excluding tert-OH is 1. The fraction of sp³-hybridized carbons (Fsp3) is 0.600. The van der Waals surface area contributed by atoms with E-state index in [0.29, 0.717) is 6.54 Å². The Morgan fingerprint density at radius 1 is 1.62 bits per heavy atom. The van der Waals surface area contributed by atoms with E-state index in [2.05, 4.69) is 5.32 Å². The van der Waals surface area contributed by atoms with Gasteiger partial charge in [-0.1, -0.05) is 11.3 Å². The molecule has 1 rings (SSSR count). The third-order valence-electron chi connectivity index (χ3n) is 2.59. The van der Waals surface area contributed by atoms with Crippen LogP contribution in [0.25, 0.3) is 0 Å². The van der Waals surface area contributed by atoms with Crippen molar-refractivity contribution >= 4 is 16.3 Å². The van der Waals surface area contributed by atoms with Gasteiger partial charge in [-0.3, -0.25) is 10.1 Å². The Morgan fingerprint density at radius 2 is 2.25 bits per heavy atom. The standard InChI is InChI=1S/C10H16N2O3S/c1-7(13)10(2,3)11-6-8-4-5-9(16-8)12(14)15/h4-5,7,11,13H,6H2,1-3H3. The van der Waals surface area contributed by atoms with Crippen LogP contribution in [0.2, 0.25) is 0 Å². The van der Waals surface area contributed by atoms with Gasteiger partial charge in [0.05, 0.1) is 11.0 Å². The second kappa shape index (κ2) is 4.90. The first-order chi connectivity index (χ1) is 7.33. The SMILES string of the molecule is CC(O)C(C)(C)NCc1ccc([N+](=O)[O-])s1. The van der Waals surface area contributed by atoms with Crippen LogP contribution in [0.3, 0.4) is 0 Å². The van der Waals surface area contributed by atoms with Crippen LogP contribution in [0.5, 0.6) is 0 Å². The van der Waals surface area contributed by atoms with E-state index in [4.69, 9.17) is 0 Å². The van der Waals surface area contributed by atoms with Gasteiger partial charge in [-0.2, -0.15) is 0 Å². The first-order valence-corrected chi connectivity index (χ1v) is 5.81. The first-order valence-electron chi connectivity index (χ1n) is 4.99. The van der Waals surface area contributed by atoms with Crippen molar-refractivity contribution < 1.29 is 10.0 Å². The first kappa shape index (κ1) is 13.1. The molecular formula is C10H16N2O3S. The van der Waals surface area contributed by atoms with Crippen LogP contribution < -0.4 is 5.32 Å². The maximum Gasteiger partial charge on any atom is 0.324 e. The number of rotatable bonds is 5. The van der Waals surface area contributed by atoms with Crippen LogP contribution in [-0.2, 0) is 6.54 Å². The van der Waals surface area contributed by atoms with E-state index in [0.717, 1.165) is 16.2 Å². The maximum absolute atomic E-state index is 10.5. The van der Waals surface area contributed by atoms with E-state index >= 15 is 0 Å². The molecule has 1 aromatic heterocycles. The van der Waals surface area contributed by atoms with E-state index < -0.39 is 16.6 Å². The molecule has 0 spiro atoms. The van der Waals surface area contributed by atoms with E-state index in [1.807, 2.05) is 13.8 Å². The molecule has 0 radical (unpaired) electrons. The van der Waals surface area contributed by atoms with Gasteiger partial charge in [-0.05, 0) is 26.8 Å². The highest BCUT2D eigenvalue weighted by Crippen LogP contribution is 2.24. The van der Waals surface area contributed by atoms with Crippen molar-refractivity contribution in [3.8, 4) is 0 Å². The summed E-state index contributed by atoms with van der Waals surface area (Å²) >= 11 is 1.15. The van der Waals surface area contributed by atoms with Gasteiger partial charge in [0.25, 0.3) is 0 Å². The molecule has 1 atom stereocenters. The van der Waals surface area contributed by atoms with Gasteiger partial charge >= 0.3 is 5.00 Å². The molecule has 1 unspecified atom stereocenters. The summed E-state index contributed by atoms with van der Waals surface area (Å²) in [5, 5.41) is 23.3. The van der Waals surface area contributed by atoms with Gasteiger partial charge < -0.3 is 10.4 Å². The summed E-state index contributed by atoms with van der Waals surface area (Å²) in [7, 11) is 0. The van der Waals surface area contributed by atoms with Crippen molar-refractivity contribution in [2.24, 2.45) is 0 Å². The molecule has 1 heterocycles. The van der Waals surface area contributed by atoms with Gasteiger partial charge in [0.1, 0.15) is 0 Å². The molecule has 0 amide bonds. The van der Waals surface area contributed by atoms with Crippen LogP contribution in [0, 0.1) is 10.1 Å². The predicted molar refractivity (Wildman–Crippen MR) is 63.6 cm³/mol. The molecular weight excluding hydrogens is 228 g/mol. The third-order valence-corrected chi connectivity index (χ3v) is 3.63. The minimum Gasteiger partial charge on any atom is -0.392 e. The second-order valence-electron chi connectivity index (χ2n) is 4.25. The van der Waals surface area contributed by atoms with E-state index in [1.54, 1.807) is 13.0 Å². The topological polar surface area (TPSA) is 75.4 Å². The zero-order chi connectivity index (χ0) is 12.3. The summed E-state index contributed by atoms with van der Waals surface area (Å²) in [4.78, 5) is 11.0. The molecule has 0 aromatic carbocycles. The zero-order valence-corrected chi connectivity index (χ0v) is 10.4. The van der Waals surface area contributed by atoms with Crippen LogP contribution in [-0.4, -0.2) is 21.7 Å². The average Bonchev–Trinajstić information content (AvgIpc) is 2.63. The molecule has 0 aliphatic rings. The summed E-state index contributed by atoms with van der Waals surface area (Å²) in [5.74, 6) is 0. The van der Waals surface area contributed by atoms with Gasteiger partial charge in [0.15, 0.2) is 0 Å². The van der Waals surface area contributed by atoms with Crippen LogP contribution in [0.15, 0.2) is 12.1 Å². The number of hydrogen-bond donors (Lipinski definition) is 2. The summed E-state index contributed by atoms with van der Waals surface area (Å²) in [6.45, 7) is 6.01. The Bertz CT molecular complexity index is 374.